The van der Waals surface area contributed by atoms with Crippen LogP contribution < -0.4 is 10.1 Å². The third kappa shape index (κ3) is 8.34. The summed E-state index contributed by atoms with van der Waals surface area (Å²) >= 11 is 0. The van der Waals surface area contributed by atoms with Gasteiger partial charge in [0.25, 0.3) is 0 Å². The Morgan fingerprint density at radius 1 is 1.03 bits per heavy atom. The van der Waals surface area contributed by atoms with Gasteiger partial charge in [-0.05, 0) is 49.1 Å². The molecule has 0 saturated heterocycles. The lowest BCUT2D eigenvalue weighted by Crippen LogP contribution is -2.49. The van der Waals surface area contributed by atoms with E-state index in [1.165, 1.54) is 11.4 Å². The molecule has 0 saturated carbocycles. The predicted octanol–water partition coefficient (Wildman–Crippen LogP) is 3.82. The molecule has 198 valence electrons. The Balaban J connectivity index is 2.13. The van der Waals surface area contributed by atoms with Crippen molar-refractivity contribution in [3.8, 4) is 5.75 Å². The van der Waals surface area contributed by atoms with Crippen LogP contribution in [0.4, 0.5) is 0 Å². The Morgan fingerprint density at radius 3 is 2.39 bits per heavy atom. The van der Waals surface area contributed by atoms with Crippen molar-refractivity contribution in [3.63, 3.8) is 0 Å². The summed E-state index contributed by atoms with van der Waals surface area (Å²) in [6, 6.07) is 15.0. The second-order valence-corrected chi connectivity index (χ2v) is 10.7. The van der Waals surface area contributed by atoms with E-state index in [0.29, 0.717) is 25.1 Å². The van der Waals surface area contributed by atoms with Gasteiger partial charge in [-0.3, -0.25) is 9.59 Å². The molecule has 9 heteroatoms. The first-order valence-corrected chi connectivity index (χ1v) is 13.9. The maximum absolute atomic E-state index is 13.4. The smallest absolute Gasteiger partial charge is 0.242 e. The second kappa shape index (κ2) is 14.6. The van der Waals surface area contributed by atoms with Crippen molar-refractivity contribution in [2.24, 2.45) is 0 Å². The van der Waals surface area contributed by atoms with Crippen molar-refractivity contribution in [1.29, 1.82) is 0 Å². The topological polar surface area (TPSA) is 96.0 Å². The van der Waals surface area contributed by atoms with Crippen LogP contribution in [0.2, 0.25) is 0 Å². The van der Waals surface area contributed by atoms with Crippen LogP contribution in [0, 0.1) is 0 Å². The molecule has 0 aliphatic rings. The number of nitrogens with zero attached hydrogens (tertiary/aromatic N) is 2. The molecule has 2 aromatic rings. The first kappa shape index (κ1) is 29.3. The minimum atomic E-state index is -3.63. The van der Waals surface area contributed by atoms with Gasteiger partial charge < -0.3 is 15.0 Å². The van der Waals surface area contributed by atoms with Gasteiger partial charge in [-0.25, -0.2) is 12.7 Å². The Kier molecular flexibility index (Phi) is 11.9. The molecule has 0 aromatic heterocycles. The molecule has 0 spiro atoms. The standard InChI is InChI=1S/C27H39N3O5S/c1-5-7-18-28-27(32)25(6-2)30(21-22-13-11-14-23(20-22)35-4)26(31)17-12-19-29(3)36(33,34)24-15-9-8-10-16-24/h8-11,13-16,20,25H,5-7,12,17-19,21H2,1-4H3,(H,28,32). The summed E-state index contributed by atoms with van der Waals surface area (Å²) in [5, 5.41) is 2.95. The molecule has 1 atom stereocenters. The molecule has 8 nitrogen and oxygen atoms in total. The normalized spacial score (nSPS) is 12.2. The lowest BCUT2D eigenvalue weighted by Gasteiger charge is -2.31. The number of methoxy groups -OCH3 is 1. The second-order valence-electron chi connectivity index (χ2n) is 8.68. The van der Waals surface area contributed by atoms with Gasteiger partial charge in [0.1, 0.15) is 11.8 Å². The lowest BCUT2D eigenvalue weighted by molar-refractivity contribution is -0.141. The molecule has 0 radical (unpaired) electrons. The maximum atomic E-state index is 13.4. The van der Waals surface area contributed by atoms with Gasteiger partial charge in [-0.2, -0.15) is 0 Å². The van der Waals surface area contributed by atoms with Crippen LogP contribution in [-0.2, 0) is 26.2 Å². The van der Waals surface area contributed by atoms with E-state index in [4.69, 9.17) is 4.74 Å². The highest BCUT2D eigenvalue weighted by molar-refractivity contribution is 7.89. The van der Waals surface area contributed by atoms with E-state index in [2.05, 4.69) is 12.2 Å². The van der Waals surface area contributed by atoms with Gasteiger partial charge in [0.15, 0.2) is 0 Å². The molecule has 0 heterocycles. The van der Waals surface area contributed by atoms with E-state index in [9.17, 15) is 18.0 Å². The highest BCUT2D eigenvalue weighted by Crippen LogP contribution is 2.19. The number of hydrogen-bond donors (Lipinski definition) is 1. The zero-order valence-electron chi connectivity index (χ0n) is 21.8. The van der Waals surface area contributed by atoms with Crippen LogP contribution in [-0.4, -0.2) is 62.7 Å². The fourth-order valence-electron chi connectivity index (χ4n) is 3.88. The number of sulfonamides is 1. The van der Waals surface area contributed by atoms with Crippen molar-refractivity contribution in [2.45, 2.75) is 63.4 Å². The minimum absolute atomic E-state index is 0.122. The van der Waals surface area contributed by atoms with Gasteiger partial charge in [0.05, 0.1) is 12.0 Å². The lowest BCUT2D eigenvalue weighted by atomic mass is 10.1. The monoisotopic (exact) mass is 517 g/mol. The molecule has 0 aliphatic carbocycles. The summed E-state index contributed by atoms with van der Waals surface area (Å²) in [4.78, 5) is 28.2. The zero-order chi connectivity index (χ0) is 26.6. The number of ether oxygens (including phenoxy) is 1. The first-order chi connectivity index (χ1) is 17.2. The summed E-state index contributed by atoms with van der Waals surface area (Å²) in [6.45, 7) is 4.95. The quantitative estimate of drug-likeness (QED) is 0.363. The number of amides is 2. The summed E-state index contributed by atoms with van der Waals surface area (Å²) in [5.41, 5.74) is 0.853. The predicted molar refractivity (Wildman–Crippen MR) is 141 cm³/mol. The number of benzene rings is 2. The largest absolute Gasteiger partial charge is 0.497 e. The van der Waals surface area contributed by atoms with Gasteiger partial charge in [-0.1, -0.05) is 50.6 Å². The van der Waals surface area contributed by atoms with Gasteiger partial charge in [0, 0.05) is 33.1 Å². The number of nitrogens with one attached hydrogen (secondary N) is 1. The molecule has 2 aromatic carbocycles. The molecule has 2 amide bonds. The number of carbonyl (C=O) groups is 2. The average Bonchev–Trinajstić information content (AvgIpc) is 2.89. The first-order valence-electron chi connectivity index (χ1n) is 12.5. The van der Waals surface area contributed by atoms with Crippen LogP contribution in [0.25, 0.3) is 0 Å². The molecule has 36 heavy (non-hydrogen) atoms. The Labute approximate surface area is 215 Å². The van der Waals surface area contributed by atoms with Gasteiger partial charge in [-0.15, -0.1) is 0 Å². The van der Waals surface area contributed by atoms with Crippen molar-refractivity contribution >= 4 is 21.8 Å². The van der Waals surface area contributed by atoms with E-state index in [1.54, 1.807) is 42.3 Å². The Bertz CT molecular complexity index is 1080. The Morgan fingerprint density at radius 2 is 1.75 bits per heavy atom. The Hall–Kier alpha value is -2.91. The summed E-state index contributed by atoms with van der Waals surface area (Å²) < 4.78 is 32.1. The SMILES string of the molecule is CCCCNC(=O)C(CC)N(Cc1cccc(OC)c1)C(=O)CCCN(C)S(=O)(=O)c1ccccc1. The molecule has 0 bridgehead atoms. The molecule has 2 rings (SSSR count). The number of unbranched alkanes of at least 4 members (excludes halogenated alkanes) is 1. The molecule has 1 N–H and O–H groups in total. The number of carbonyl (C=O) groups excluding carboxylic acids is 2. The number of hydrogen-bond acceptors (Lipinski definition) is 5. The zero-order valence-corrected chi connectivity index (χ0v) is 22.6. The van der Waals surface area contributed by atoms with E-state index in [0.717, 1.165) is 18.4 Å². The van der Waals surface area contributed by atoms with E-state index in [-0.39, 0.29) is 36.2 Å². The molecular formula is C27H39N3O5S. The van der Waals surface area contributed by atoms with Crippen LogP contribution in [0.15, 0.2) is 59.5 Å². The third-order valence-corrected chi connectivity index (χ3v) is 7.89. The molecular weight excluding hydrogens is 478 g/mol. The van der Waals surface area contributed by atoms with Crippen LogP contribution in [0.1, 0.15) is 51.5 Å². The fraction of sp³-hybridized carbons (Fsp3) is 0.481. The number of rotatable bonds is 15. The third-order valence-electron chi connectivity index (χ3n) is 6.02. The summed E-state index contributed by atoms with van der Waals surface area (Å²) in [6.07, 6.45) is 2.76. The average molecular weight is 518 g/mol. The fourth-order valence-corrected chi connectivity index (χ4v) is 5.11. The van der Waals surface area contributed by atoms with Crippen LogP contribution in [0.5, 0.6) is 5.75 Å². The highest BCUT2D eigenvalue weighted by atomic mass is 32.2. The molecule has 0 fully saturated rings. The van der Waals surface area contributed by atoms with E-state index >= 15 is 0 Å². The maximum Gasteiger partial charge on any atom is 0.242 e. The van der Waals surface area contributed by atoms with Crippen molar-refractivity contribution in [2.75, 3.05) is 27.2 Å². The summed E-state index contributed by atoms with van der Waals surface area (Å²) in [5.74, 6) is 0.305. The molecule has 0 aliphatic heterocycles. The van der Waals surface area contributed by atoms with Crippen molar-refractivity contribution in [1.82, 2.24) is 14.5 Å². The molecule has 1 unspecified atom stereocenters. The van der Waals surface area contributed by atoms with Crippen LogP contribution in [0.3, 0.4) is 0 Å². The van der Waals surface area contributed by atoms with Crippen molar-refractivity contribution in [3.05, 3.63) is 60.2 Å². The van der Waals surface area contributed by atoms with E-state index in [1.807, 2.05) is 31.2 Å². The van der Waals surface area contributed by atoms with E-state index < -0.39 is 16.1 Å². The van der Waals surface area contributed by atoms with Gasteiger partial charge in [0.2, 0.25) is 21.8 Å². The highest BCUT2D eigenvalue weighted by Gasteiger charge is 2.29. The summed E-state index contributed by atoms with van der Waals surface area (Å²) in [7, 11) is -0.538. The van der Waals surface area contributed by atoms with Crippen LogP contribution >= 0.6 is 0 Å². The van der Waals surface area contributed by atoms with Gasteiger partial charge >= 0.3 is 0 Å². The van der Waals surface area contributed by atoms with Crippen molar-refractivity contribution < 1.29 is 22.7 Å². The minimum Gasteiger partial charge on any atom is -0.497 e.